The quantitative estimate of drug-likeness (QED) is 0.746. The van der Waals surface area contributed by atoms with Crippen molar-refractivity contribution in [3.63, 3.8) is 0 Å². The van der Waals surface area contributed by atoms with Crippen LogP contribution in [0.2, 0.25) is 0 Å². The number of rotatable bonds is 2. The number of para-hydroxylation sites is 1. The van der Waals surface area contributed by atoms with Crippen LogP contribution >= 0.6 is 0 Å². The molecule has 0 amide bonds. The molecule has 0 aliphatic rings. The minimum absolute atomic E-state index is 0.642. The summed E-state index contributed by atoms with van der Waals surface area (Å²) in [7, 11) is 0. The number of imidazole rings is 1. The van der Waals surface area contributed by atoms with Gasteiger partial charge in [0.05, 0.1) is 11.9 Å². The summed E-state index contributed by atoms with van der Waals surface area (Å²) >= 11 is 0. The molecule has 1 aromatic carbocycles. The van der Waals surface area contributed by atoms with Gasteiger partial charge in [0, 0.05) is 12.1 Å². The highest BCUT2D eigenvalue weighted by molar-refractivity contribution is 5.77. The third kappa shape index (κ3) is 1.62. The first kappa shape index (κ1) is 10.8. The largest absolute Gasteiger partial charge is 0.397 e. The van der Waals surface area contributed by atoms with Gasteiger partial charge in [0.2, 0.25) is 0 Å². The fourth-order valence-corrected chi connectivity index (χ4v) is 2.11. The molecule has 3 aromatic rings. The van der Waals surface area contributed by atoms with Crippen LogP contribution in [0.3, 0.4) is 0 Å². The fraction of sp³-hybridized carbons (Fsp3) is 0.143. The number of pyridine rings is 1. The van der Waals surface area contributed by atoms with Crippen LogP contribution in [0, 0.1) is 0 Å². The Morgan fingerprint density at radius 3 is 2.72 bits per heavy atom. The number of fused-ring (bicyclic) bond motifs is 1. The maximum Gasteiger partial charge on any atom is 0.164 e. The van der Waals surface area contributed by atoms with E-state index < -0.39 is 0 Å². The monoisotopic (exact) mass is 238 g/mol. The van der Waals surface area contributed by atoms with Crippen molar-refractivity contribution < 1.29 is 0 Å². The molecule has 0 saturated carbocycles. The molecule has 0 atom stereocenters. The normalized spacial score (nSPS) is 10.9. The van der Waals surface area contributed by atoms with Gasteiger partial charge in [0.1, 0.15) is 11.3 Å². The van der Waals surface area contributed by atoms with Crippen molar-refractivity contribution in [1.82, 2.24) is 14.5 Å². The number of hydrogen-bond acceptors (Lipinski definition) is 3. The Morgan fingerprint density at radius 1 is 1.22 bits per heavy atom. The molecule has 2 N–H and O–H groups in total. The second-order valence-corrected chi connectivity index (χ2v) is 4.16. The van der Waals surface area contributed by atoms with Crippen LogP contribution in [-0.2, 0) is 6.42 Å². The summed E-state index contributed by atoms with van der Waals surface area (Å²) in [5, 5.41) is 0. The number of nitrogens with two attached hydrogens (primary N) is 1. The number of aryl methyl sites for hydroxylation is 1. The smallest absolute Gasteiger partial charge is 0.164 e. The van der Waals surface area contributed by atoms with Gasteiger partial charge in [-0.15, -0.1) is 0 Å². The third-order valence-corrected chi connectivity index (χ3v) is 2.92. The first-order valence-electron chi connectivity index (χ1n) is 5.98. The molecular weight excluding hydrogens is 224 g/mol. The Labute approximate surface area is 105 Å². The first-order chi connectivity index (χ1) is 8.79. The molecule has 0 bridgehead atoms. The predicted molar refractivity (Wildman–Crippen MR) is 72.7 cm³/mol. The Hall–Kier alpha value is -2.36. The number of anilines is 1. The van der Waals surface area contributed by atoms with Crippen LogP contribution in [0.5, 0.6) is 0 Å². The van der Waals surface area contributed by atoms with Crippen molar-refractivity contribution in [2.75, 3.05) is 5.73 Å². The van der Waals surface area contributed by atoms with Crippen molar-refractivity contribution >= 4 is 16.9 Å². The summed E-state index contributed by atoms with van der Waals surface area (Å²) in [6.45, 7) is 2.09. The molecule has 90 valence electrons. The summed E-state index contributed by atoms with van der Waals surface area (Å²) in [6.07, 6.45) is 2.52. The maximum absolute atomic E-state index is 5.75. The van der Waals surface area contributed by atoms with E-state index in [1.165, 1.54) is 0 Å². The van der Waals surface area contributed by atoms with Crippen molar-refractivity contribution in [2.45, 2.75) is 13.3 Å². The summed E-state index contributed by atoms with van der Waals surface area (Å²) < 4.78 is 2.08. The number of hydrogen-bond donors (Lipinski definition) is 1. The zero-order chi connectivity index (χ0) is 12.5. The first-order valence-corrected chi connectivity index (χ1v) is 5.98. The minimum Gasteiger partial charge on any atom is -0.397 e. The molecule has 0 saturated heterocycles. The average Bonchev–Trinajstić information content (AvgIpc) is 2.77. The number of nitrogens with zero attached hydrogens (tertiary/aromatic N) is 3. The van der Waals surface area contributed by atoms with Crippen LogP contribution in [0.25, 0.3) is 16.9 Å². The second-order valence-electron chi connectivity index (χ2n) is 4.16. The molecule has 2 heterocycles. The maximum atomic E-state index is 5.75. The van der Waals surface area contributed by atoms with Crippen molar-refractivity contribution in [1.29, 1.82) is 0 Å². The van der Waals surface area contributed by atoms with Crippen LogP contribution in [0.1, 0.15) is 12.7 Å². The lowest BCUT2D eigenvalue weighted by Gasteiger charge is -2.06. The fourth-order valence-electron chi connectivity index (χ4n) is 2.11. The van der Waals surface area contributed by atoms with E-state index in [-0.39, 0.29) is 0 Å². The lowest BCUT2D eigenvalue weighted by molar-refractivity contribution is 0.901. The van der Waals surface area contributed by atoms with Crippen LogP contribution in [-0.4, -0.2) is 14.5 Å². The Morgan fingerprint density at radius 2 is 2.00 bits per heavy atom. The molecule has 2 aromatic heterocycles. The molecule has 3 rings (SSSR count). The zero-order valence-electron chi connectivity index (χ0n) is 10.2. The van der Waals surface area contributed by atoms with Gasteiger partial charge in [0.25, 0.3) is 0 Å². The second kappa shape index (κ2) is 4.14. The van der Waals surface area contributed by atoms with Gasteiger partial charge in [-0.2, -0.15) is 0 Å². The van der Waals surface area contributed by atoms with Crippen LogP contribution in [0.4, 0.5) is 5.69 Å². The predicted octanol–water partition coefficient (Wildman–Crippen LogP) is 2.57. The summed E-state index contributed by atoms with van der Waals surface area (Å²) in [5.74, 6) is 0.995. The molecule has 4 nitrogen and oxygen atoms in total. The Balaban J connectivity index is 2.33. The van der Waals surface area contributed by atoms with E-state index >= 15 is 0 Å². The van der Waals surface area contributed by atoms with Gasteiger partial charge in [0.15, 0.2) is 5.65 Å². The van der Waals surface area contributed by atoms with Gasteiger partial charge >= 0.3 is 0 Å². The van der Waals surface area contributed by atoms with E-state index in [1.807, 2.05) is 24.3 Å². The van der Waals surface area contributed by atoms with Gasteiger partial charge in [-0.25, -0.2) is 9.97 Å². The highest BCUT2D eigenvalue weighted by atomic mass is 15.1. The summed E-state index contributed by atoms with van der Waals surface area (Å²) in [6, 6.07) is 12.0. The van der Waals surface area contributed by atoms with E-state index in [0.29, 0.717) is 5.69 Å². The molecule has 4 heteroatoms. The Bertz CT molecular complexity index is 686. The third-order valence-electron chi connectivity index (χ3n) is 2.92. The summed E-state index contributed by atoms with van der Waals surface area (Å²) in [5.41, 5.74) is 9.17. The Kier molecular flexibility index (Phi) is 2.48. The zero-order valence-corrected chi connectivity index (χ0v) is 10.2. The molecule has 0 aliphatic heterocycles. The minimum atomic E-state index is 0.642. The molecule has 0 radical (unpaired) electrons. The van der Waals surface area contributed by atoms with Crippen LogP contribution < -0.4 is 5.73 Å². The average molecular weight is 238 g/mol. The molecule has 0 spiro atoms. The topological polar surface area (TPSA) is 56.7 Å². The van der Waals surface area contributed by atoms with E-state index in [9.17, 15) is 0 Å². The molecule has 18 heavy (non-hydrogen) atoms. The van der Waals surface area contributed by atoms with E-state index in [1.54, 1.807) is 6.20 Å². The molecule has 0 fully saturated rings. The van der Waals surface area contributed by atoms with Crippen LogP contribution in [0.15, 0.2) is 42.6 Å². The van der Waals surface area contributed by atoms with Crippen molar-refractivity contribution in [2.24, 2.45) is 0 Å². The van der Waals surface area contributed by atoms with Gasteiger partial charge < -0.3 is 5.73 Å². The SMILES string of the molecule is CCc1nc2cc(N)cnc2n1-c1ccccc1. The number of aromatic nitrogens is 3. The van der Waals surface area contributed by atoms with Gasteiger partial charge in [-0.3, -0.25) is 4.57 Å². The lowest BCUT2D eigenvalue weighted by Crippen LogP contribution is -2.00. The van der Waals surface area contributed by atoms with Gasteiger partial charge in [-0.1, -0.05) is 25.1 Å². The van der Waals surface area contributed by atoms with E-state index in [4.69, 9.17) is 5.73 Å². The van der Waals surface area contributed by atoms with Gasteiger partial charge in [-0.05, 0) is 18.2 Å². The summed E-state index contributed by atoms with van der Waals surface area (Å²) in [4.78, 5) is 8.99. The highest BCUT2D eigenvalue weighted by Crippen LogP contribution is 2.21. The standard InChI is InChI=1S/C14H14N4/c1-2-13-17-12-8-10(15)9-16-14(12)18(13)11-6-4-3-5-7-11/h3-9H,2,15H2,1H3. The van der Waals surface area contributed by atoms with E-state index in [0.717, 1.165) is 29.1 Å². The molecule has 0 aliphatic carbocycles. The van der Waals surface area contributed by atoms with E-state index in [2.05, 4.69) is 33.6 Å². The highest BCUT2D eigenvalue weighted by Gasteiger charge is 2.11. The lowest BCUT2D eigenvalue weighted by atomic mass is 10.3. The number of benzene rings is 1. The number of nitrogen functional groups attached to an aromatic ring is 1. The molecular formula is C14H14N4. The molecule has 0 unspecified atom stereocenters. The van der Waals surface area contributed by atoms with Crippen molar-refractivity contribution in [3.05, 3.63) is 48.4 Å². The van der Waals surface area contributed by atoms with Crippen molar-refractivity contribution in [3.8, 4) is 5.69 Å².